The highest BCUT2D eigenvalue weighted by Crippen LogP contribution is 2.24. The smallest absolute Gasteiger partial charge is 0.254 e. The van der Waals surface area contributed by atoms with Gasteiger partial charge in [-0.25, -0.2) is 22.0 Å². The first-order valence-electron chi connectivity index (χ1n) is 5.30. The van der Waals surface area contributed by atoms with Gasteiger partial charge in [0.05, 0.1) is 5.56 Å². The lowest BCUT2D eigenvalue weighted by Gasteiger charge is -2.04. The van der Waals surface area contributed by atoms with Crippen molar-refractivity contribution in [1.82, 2.24) is 4.57 Å². The van der Waals surface area contributed by atoms with Crippen LogP contribution in [0.3, 0.4) is 0 Å². The molecule has 0 N–H and O–H groups in total. The van der Waals surface area contributed by atoms with Crippen LogP contribution >= 0.6 is 0 Å². The first-order valence-corrected chi connectivity index (χ1v) is 5.30. The van der Waals surface area contributed by atoms with Crippen LogP contribution in [-0.2, 0) is 0 Å². The number of pyridine rings is 1. The Morgan fingerprint density at radius 2 is 1.40 bits per heavy atom. The van der Waals surface area contributed by atoms with Crippen LogP contribution < -0.4 is 5.56 Å². The van der Waals surface area contributed by atoms with E-state index in [1.807, 2.05) is 0 Å². The summed E-state index contributed by atoms with van der Waals surface area (Å²) in [4.78, 5) is 11.3. The van der Waals surface area contributed by atoms with Crippen molar-refractivity contribution in [3.8, 4) is 0 Å². The van der Waals surface area contributed by atoms with Crippen molar-refractivity contribution in [2.75, 3.05) is 0 Å². The number of halogens is 5. The monoisotopic (exact) mass is 287 g/mol. The second-order valence-corrected chi connectivity index (χ2v) is 3.75. The molecule has 0 amide bonds. The second-order valence-electron chi connectivity index (χ2n) is 3.75. The summed E-state index contributed by atoms with van der Waals surface area (Å²) in [5, 5.41) is 0. The van der Waals surface area contributed by atoms with Crippen LogP contribution in [0.1, 0.15) is 5.56 Å². The molecule has 0 saturated heterocycles. The second kappa shape index (κ2) is 5.28. The van der Waals surface area contributed by atoms with Gasteiger partial charge in [-0.15, -0.1) is 0 Å². The highest BCUT2D eigenvalue weighted by atomic mass is 19.2. The van der Waals surface area contributed by atoms with E-state index in [2.05, 4.69) is 0 Å². The van der Waals surface area contributed by atoms with Gasteiger partial charge in [0, 0.05) is 18.5 Å². The number of aromatic nitrogens is 1. The SMILES string of the molecule is O=c1ccccn1/C=C/c1c(F)c(F)c(F)c(F)c1F. The Bertz CT molecular complexity index is 722. The maximum Gasteiger partial charge on any atom is 0.254 e. The van der Waals surface area contributed by atoms with E-state index in [9.17, 15) is 26.7 Å². The molecule has 0 spiro atoms. The van der Waals surface area contributed by atoms with Gasteiger partial charge >= 0.3 is 0 Å². The van der Waals surface area contributed by atoms with E-state index in [4.69, 9.17) is 0 Å². The van der Waals surface area contributed by atoms with Gasteiger partial charge < -0.3 is 0 Å². The van der Waals surface area contributed by atoms with Gasteiger partial charge in [-0.05, 0) is 12.1 Å². The van der Waals surface area contributed by atoms with Gasteiger partial charge in [-0.1, -0.05) is 6.07 Å². The van der Waals surface area contributed by atoms with E-state index >= 15 is 0 Å². The van der Waals surface area contributed by atoms with Crippen molar-refractivity contribution < 1.29 is 22.0 Å². The third-order valence-electron chi connectivity index (χ3n) is 2.50. The Morgan fingerprint density at radius 3 is 1.95 bits per heavy atom. The lowest BCUT2D eigenvalue weighted by Crippen LogP contribution is -2.12. The standard InChI is InChI=1S/C13H6F5NO/c14-9-7(10(15)12(17)13(18)11(9)16)4-6-19-5-2-1-3-8(19)20/h1-6H/b6-4+. The average Bonchev–Trinajstić information content (AvgIpc) is 2.45. The maximum absolute atomic E-state index is 13.3. The van der Waals surface area contributed by atoms with Gasteiger partial charge in [-0.3, -0.25) is 9.36 Å². The average molecular weight is 287 g/mol. The zero-order chi connectivity index (χ0) is 14.9. The first kappa shape index (κ1) is 14.0. The van der Waals surface area contributed by atoms with E-state index in [0.29, 0.717) is 6.08 Å². The Hall–Kier alpha value is -2.44. The molecule has 2 aromatic rings. The number of rotatable bonds is 2. The summed E-state index contributed by atoms with van der Waals surface area (Å²) < 4.78 is 66.3. The zero-order valence-electron chi connectivity index (χ0n) is 9.71. The van der Waals surface area contributed by atoms with Crippen LogP contribution in [-0.4, -0.2) is 4.57 Å². The highest BCUT2D eigenvalue weighted by molar-refractivity contribution is 5.61. The van der Waals surface area contributed by atoms with Gasteiger partial charge in [0.25, 0.3) is 5.56 Å². The molecule has 0 atom stereocenters. The Morgan fingerprint density at radius 1 is 0.850 bits per heavy atom. The lowest BCUT2D eigenvalue weighted by atomic mass is 10.1. The summed E-state index contributed by atoms with van der Waals surface area (Å²) in [6, 6.07) is 4.07. The first-order chi connectivity index (χ1) is 9.43. The molecular weight excluding hydrogens is 281 g/mol. The van der Waals surface area contributed by atoms with Gasteiger partial charge in [0.2, 0.25) is 5.82 Å². The van der Waals surface area contributed by atoms with Crippen molar-refractivity contribution >= 4 is 12.3 Å². The van der Waals surface area contributed by atoms with Crippen molar-refractivity contribution in [3.05, 3.63) is 69.4 Å². The number of benzene rings is 1. The molecule has 0 bridgehead atoms. The molecule has 0 radical (unpaired) electrons. The largest absolute Gasteiger partial charge is 0.291 e. The van der Waals surface area contributed by atoms with Crippen LogP contribution in [0.25, 0.3) is 12.3 Å². The third-order valence-corrected chi connectivity index (χ3v) is 2.50. The normalized spacial score (nSPS) is 11.2. The fourth-order valence-corrected chi connectivity index (χ4v) is 1.49. The summed E-state index contributed by atoms with van der Waals surface area (Å²) in [6.45, 7) is 0. The molecule has 2 rings (SSSR count). The van der Waals surface area contributed by atoms with Crippen molar-refractivity contribution in [2.24, 2.45) is 0 Å². The van der Waals surface area contributed by atoms with Gasteiger partial charge in [0.1, 0.15) is 0 Å². The van der Waals surface area contributed by atoms with Crippen LogP contribution in [0, 0.1) is 29.1 Å². The molecule has 0 unspecified atom stereocenters. The van der Waals surface area contributed by atoms with E-state index < -0.39 is 40.2 Å². The van der Waals surface area contributed by atoms with Crippen molar-refractivity contribution in [2.45, 2.75) is 0 Å². The molecule has 0 aliphatic rings. The van der Waals surface area contributed by atoms with Crippen LogP contribution in [0.15, 0.2) is 29.2 Å². The van der Waals surface area contributed by atoms with E-state index in [1.165, 1.54) is 24.4 Å². The quantitative estimate of drug-likeness (QED) is 0.472. The molecule has 0 fully saturated rings. The third kappa shape index (κ3) is 2.34. The summed E-state index contributed by atoms with van der Waals surface area (Å²) in [7, 11) is 0. The Balaban J connectivity index is 2.55. The van der Waals surface area contributed by atoms with Crippen LogP contribution in [0.2, 0.25) is 0 Å². The highest BCUT2D eigenvalue weighted by Gasteiger charge is 2.24. The Labute approximate surface area is 109 Å². The fourth-order valence-electron chi connectivity index (χ4n) is 1.49. The minimum atomic E-state index is -2.23. The maximum atomic E-state index is 13.3. The van der Waals surface area contributed by atoms with E-state index in [-0.39, 0.29) is 0 Å². The Kier molecular flexibility index (Phi) is 3.69. The summed E-state index contributed by atoms with van der Waals surface area (Å²) in [5.41, 5.74) is -1.63. The predicted octanol–water partition coefficient (Wildman–Crippen LogP) is 3.17. The van der Waals surface area contributed by atoms with E-state index in [0.717, 1.165) is 10.8 Å². The zero-order valence-corrected chi connectivity index (χ0v) is 9.71. The molecule has 0 aliphatic heterocycles. The van der Waals surface area contributed by atoms with Gasteiger partial charge in [0.15, 0.2) is 23.3 Å². The number of hydrogen-bond acceptors (Lipinski definition) is 1. The molecular formula is C13H6F5NO. The molecule has 1 heterocycles. The molecule has 1 aromatic carbocycles. The van der Waals surface area contributed by atoms with Crippen LogP contribution in [0.4, 0.5) is 22.0 Å². The summed E-state index contributed by atoms with van der Waals surface area (Å²) in [5.74, 6) is -10.2. The minimum absolute atomic E-state index is 0.521. The predicted molar refractivity (Wildman–Crippen MR) is 62.2 cm³/mol. The summed E-state index contributed by atoms with van der Waals surface area (Å²) in [6.07, 6.45) is 2.81. The molecule has 104 valence electrons. The fraction of sp³-hybridized carbons (Fsp3) is 0. The minimum Gasteiger partial charge on any atom is -0.291 e. The van der Waals surface area contributed by atoms with Crippen molar-refractivity contribution in [3.63, 3.8) is 0 Å². The van der Waals surface area contributed by atoms with E-state index in [1.54, 1.807) is 0 Å². The molecule has 1 aromatic heterocycles. The molecule has 7 heteroatoms. The number of nitrogens with zero attached hydrogens (tertiary/aromatic N) is 1. The lowest BCUT2D eigenvalue weighted by molar-refractivity contribution is 0.377. The molecule has 0 saturated carbocycles. The molecule has 20 heavy (non-hydrogen) atoms. The topological polar surface area (TPSA) is 22.0 Å². The van der Waals surface area contributed by atoms with Gasteiger partial charge in [-0.2, -0.15) is 0 Å². The van der Waals surface area contributed by atoms with Crippen LogP contribution in [0.5, 0.6) is 0 Å². The molecule has 2 nitrogen and oxygen atoms in total. The number of hydrogen-bond donors (Lipinski definition) is 0. The molecule has 0 aliphatic carbocycles. The summed E-state index contributed by atoms with van der Waals surface area (Å²) >= 11 is 0. The van der Waals surface area contributed by atoms with Crippen molar-refractivity contribution in [1.29, 1.82) is 0 Å².